The zero-order chi connectivity index (χ0) is 13.8. The van der Waals surface area contributed by atoms with Crippen LogP contribution in [-0.4, -0.2) is 23.6 Å². The Morgan fingerprint density at radius 1 is 1.20 bits per heavy atom. The summed E-state index contributed by atoms with van der Waals surface area (Å²) in [6.45, 7) is 0.667. The molecule has 0 spiro atoms. The van der Waals surface area contributed by atoms with Gasteiger partial charge in [0.15, 0.2) is 0 Å². The maximum absolute atomic E-state index is 12.0. The number of nitrogens with one attached hydrogen (secondary N) is 1. The fourth-order valence-electron chi connectivity index (χ4n) is 2.30. The first-order chi connectivity index (χ1) is 9.83. The fourth-order valence-corrected chi connectivity index (χ4v) is 2.30. The summed E-state index contributed by atoms with van der Waals surface area (Å²) in [6, 6.07) is 11.9. The smallest absolute Gasteiger partial charge is 0.253 e. The molecule has 1 N–H and O–H groups in total. The van der Waals surface area contributed by atoms with Crippen molar-refractivity contribution in [2.45, 2.75) is 18.9 Å². The first-order valence-corrected chi connectivity index (χ1v) is 6.76. The van der Waals surface area contributed by atoms with Crippen molar-refractivity contribution in [3.63, 3.8) is 0 Å². The third-order valence-electron chi connectivity index (χ3n) is 3.34. The minimum atomic E-state index is -0.324. The minimum absolute atomic E-state index is 0.0884. The number of amides is 1. The average Bonchev–Trinajstić information content (AvgIpc) is 3.03. The van der Waals surface area contributed by atoms with E-state index >= 15 is 0 Å². The van der Waals surface area contributed by atoms with Gasteiger partial charge >= 0.3 is 0 Å². The lowest BCUT2D eigenvalue weighted by molar-refractivity contribution is -0.124. The molecule has 1 unspecified atom stereocenters. The molecular formula is C16H16N2O2. The first-order valence-electron chi connectivity index (χ1n) is 6.76. The second kappa shape index (κ2) is 5.84. The van der Waals surface area contributed by atoms with Crippen LogP contribution in [-0.2, 0) is 9.53 Å². The van der Waals surface area contributed by atoms with Crippen LogP contribution in [0.2, 0.25) is 0 Å². The molecule has 1 atom stereocenters. The minimum Gasteiger partial charge on any atom is -0.368 e. The molecular weight excluding hydrogens is 252 g/mol. The summed E-state index contributed by atoms with van der Waals surface area (Å²) in [5, 5.41) is 2.87. The van der Waals surface area contributed by atoms with Crippen molar-refractivity contribution in [3.05, 3.63) is 48.8 Å². The summed E-state index contributed by atoms with van der Waals surface area (Å²) in [4.78, 5) is 16.2. The summed E-state index contributed by atoms with van der Waals surface area (Å²) in [6.07, 6.45) is 4.85. The summed E-state index contributed by atoms with van der Waals surface area (Å²) in [7, 11) is 0. The van der Waals surface area contributed by atoms with Crippen molar-refractivity contribution < 1.29 is 9.53 Å². The highest BCUT2D eigenvalue weighted by Crippen LogP contribution is 2.21. The van der Waals surface area contributed by atoms with E-state index in [-0.39, 0.29) is 12.0 Å². The van der Waals surface area contributed by atoms with Gasteiger partial charge in [-0.2, -0.15) is 0 Å². The van der Waals surface area contributed by atoms with Crippen LogP contribution in [0.5, 0.6) is 0 Å². The zero-order valence-electron chi connectivity index (χ0n) is 11.1. The van der Waals surface area contributed by atoms with Gasteiger partial charge in [0, 0.05) is 18.4 Å². The molecule has 1 aromatic heterocycles. The number of anilines is 1. The normalized spacial score (nSPS) is 17.9. The van der Waals surface area contributed by atoms with E-state index in [1.165, 1.54) is 0 Å². The number of hydrogen-bond acceptors (Lipinski definition) is 3. The van der Waals surface area contributed by atoms with E-state index in [4.69, 9.17) is 4.74 Å². The number of pyridine rings is 1. The molecule has 1 aliphatic heterocycles. The van der Waals surface area contributed by atoms with E-state index in [1.807, 2.05) is 36.4 Å². The van der Waals surface area contributed by atoms with Crippen molar-refractivity contribution in [2.24, 2.45) is 0 Å². The highest BCUT2D eigenvalue weighted by molar-refractivity contribution is 5.94. The SMILES string of the molecule is O=C(Nc1cncc(-c2ccccc2)c1)C1CCCO1. The molecule has 2 heterocycles. The Kier molecular flexibility index (Phi) is 3.74. The zero-order valence-corrected chi connectivity index (χ0v) is 11.1. The Labute approximate surface area is 117 Å². The van der Waals surface area contributed by atoms with Crippen LogP contribution in [0.4, 0.5) is 5.69 Å². The van der Waals surface area contributed by atoms with Crippen LogP contribution in [0.3, 0.4) is 0 Å². The third-order valence-corrected chi connectivity index (χ3v) is 3.34. The van der Waals surface area contributed by atoms with Crippen molar-refractivity contribution >= 4 is 11.6 Å². The molecule has 20 heavy (non-hydrogen) atoms. The van der Waals surface area contributed by atoms with Crippen LogP contribution in [0.1, 0.15) is 12.8 Å². The van der Waals surface area contributed by atoms with E-state index in [1.54, 1.807) is 12.4 Å². The van der Waals surface area contributed by atoms with Crippen molar-refractivity contribution in [3.8, 4) is 11.1 Å². The van der Waals surface area contributed by atoms with Gasteiger partial charge in [-0.15, -0.1) is 0 Å². The van der Waals surface area contributed by atoms with Gasteiger partial charge < -0.3 is 10.1 Å². The first kappa shape index (κ1) is 12.8. The maximum atomic E-state index is 12.0. The molecule has 0 radical (unpaired) electrons. The van der Waals surface area contributed by atoms with Crippen LogP contribution in [0.15, 0.2) is 48.8 Å². The molecule has 102 valence electrons. The van der Waals surface area contributed by atoms with Crippen LogP contribution in [0, 0.1) is 0 Å². The number of carbonyl (C=O) groups is 1. The topological polar surface area (TPSA) is 51.2 Å². The quantitative estimate of drug-likeness (QED) is 0.931. The second-order valence-corrected chi connectivity index (χ2v) is 4.82. The van der Waals surface area contributed by atoms with Gasteiger partial charge in [-0.3, -0.25) is 9.78 Å². The number of ether oxygens (including phenoxy) is 1. The van der Waals surface area contributed by atoms with Crippen molar-refractivity contribution in [1.82, 2.24) is 4.98 Å². The molecule has 1 amide bonds. The molecule has 0 bridgehead atoms. The molecule has 1 aromatic carbocycles. The number of hydrogen-bond donors (Lipinski definition) is 1. The third kappa shape index (κ3) is 2.86. The highest BCUT2D eigenvalue weighted by atomic mass is 16.5. The predicted molar refractivity (Wildman–Crippen MR) is 77.3 cm³/mol. The Morgan fingerprint density at radius 3 is 2.80 bits per heavy atom. The van der Waals surface area contributed by atoms with Crippen molar-refractivity contribution in [1.29, 1.82) is 0 Å². The second-order valence-electron chi connectivity index (χ2n) is 4.82. The fraction of sp³-hybridized carbons (Fsp3) is 0.250. The van der Waals surface area contributed by atoms with Crippen molar-refractivity contribution in [2.75, 3.05) is 11.9 Å². The van der Waals surface area contributed by atoms with E-state index in [0.29, 0.717) is 12.3 Å². The molecule has 0 aliphatic carbocycles. The molecule has 1 saturated heterocycles. The predicted octanol–water partition coefficient (Wildman–Crippen LogP) is 2.87. The van der Waals surface area contributed by atoms with Crippen LogP contribution < -0.4 is 5.32 Å². The molecule has 2 aromatic rings. The van der Waals surface area contributed by atoms with Gasteiger partial charge in [-0.1, -0.05) is 30.3 Å². The van der Waals surface area contributed by atoms with Crippen LogP contribution in [0.25, 0.3) is 11.1 Å². The molecule has 1 fully saturated rings. The van der Waals surface area contributed by atoms with Gasteiger partial charge in [-0.05, 0) is 24.5 Å². The number of rotatable bonds is 3. The Hall–Kier alpha value is -2.20. The molecule has 3 rings (SSSR count). The van der Waals surface area contributed by atoms with Gasteiger partial charge in [0.25, 0.3) is 5.91 Å². The monoisotopic (exact) mass is 268 g/mol. The lowest BCUT2D eigenvalue weighted by Crippen LogP contribution is -2.26. The number of nitrogens with zero attached hydrogens (tertiary/aromatic N) is 1. The summed E-state index contributed by atoms with van der Waals surface area (Å²) >= 11 is 0. The molecule has 0 saturated carbocycles. The highest BCUT2D eigenvalue weighted by Gasteiger charge is 2.23. The molecule has 1 aliphatic rings. The van der Waals surface area contributed by atoms with E-state index in [2.05, 4.69) is 10.3 Å². The number of carbonyl (C=O) groups excluding carboxylic acids is 1. The summed E-state index contributed by atoms with van der Waals surface area (Å²) in [5.41, 5.74) is 2.76. The van der Waals surface area contributed by atoms with E-state index in [9.17, 15) is 4.79 Å². The number of benzene rings is 1. The largest absolute Gasteiger partial charge is 0.368 e. The Bertz CT molecular complexity index is 592. The number of aromatic nitrogens is 1. The van der Waals surface area contributed by atoms with E-state index < -0.39 is 0 Å². The van der Waals surface area contributed by atoms with Gasteiger partial charge in [0.05, 0.1) is 11.9 Å². The molecule has 4 nitrogen and oxygen atoms in total. The van der Waals surface area contributed by atoms with Crippen LogP contribution >= 0.6 is 0 Å². The summed E-state index contributed by atoms with van der Waals surface area (Å²) < 4.78 is 5.37. The Morgan fingerprint density at radius 2 is 2.05 bits per heavy atom. The van der Waals surface area contributed by atoms with Gasteiger partial charge in [0.1, 0.15) is 6.10 Å². The average molecular weight is 268 g/mol. The Balaban J connectivity index is 1.76. The van der Waals surface area contributed by atoms with Gasteiger partial charge in [0.2, 0.25) is 0 Å². The summed E-state index contributed by atoms with van der Waals surface area (Å²) in [5.74, 6) is -0.0884. The maximum Gasteiger partial charge on any atom is 0.253 e. The lowest BCUT2D eigenvalue weighted by atomic mass is 10.1. The van der Waals surface area contributed by atoms with Gasteiger partial charge in [-0.25, -0.2) is 0 Å². The molecule has 4 heteroatoms. The van der Waals surface area contributed by atoms with E-state index in [0.717, 1.165) is 24.0 Å². The standard InChI is InChI=1S/C16H16N2O2/c19-16(15-7-4-8-20-15)18-14-9-13(10-17-11-14)12-5-2-1-3-6-12/h1-3,5-6,9-11,15H,4,7-8H2,(H,18,19). The lowest BCUT2D eigenvalue weighted by Gasteiger charge is -2.11.